The van der Waals surface area contributed by atoms with Crippen LogP contribution in [-0.2, 0) is 4.79 Å². The van der Waals surface area contributed by atoms with E-state index in [1.807, 2.05) is 19.1 Å². The largest absolute Gasteiger partial charge is 0.465 e. The topological polar surface area (TPSA) is 130 Å². The Hall–Kier alpha value is -4.80. The Balaban J connectivity index is 1.17. The van der Waals surface area contributed by atoms with Crippen molar-refractivity contribution in [3.05, 3.63) is 66.2 Å². The third-order valence-electron chi connectivity index (χ3n) is 9.33. The van der Waals surface area contributed by atoms with Crippen molar-refractivity contribution in [3.63, 3.8) is 0 Å². The number of aromatic nitrogens is 3. The van der Waals surface area contributed by atoms with E-state index in [0.29, 0.717) is 52.7 Å². The maximum absolute atomic E-state index is 15.1. The van der Waals surface area contributed by atoms with E-state index >= 15 is 4.39 Å². The molecule has 2 aromatic carbocycles. The Bertz CT molecular complexity index is 1780. The molecule has 7 rings (SSSR count). The fourth-order valence-corrected chi connectivity index (χ4v) is 6.63. The zero-order chi connectivity index (χ0) is 30.4. The minimum absolute atomic E-state index is 0.0513. The monoisotopic (exact) mass is 596 g/mol. The summed E-state index contributed by atoms with van der Waals surface area (Å²) in [5, 5.41) is 16.7. The highest BCUT2D eigenvalue weighted by atomic mass is 19.1. The van der Waals surface area contributed by atoms with Crippen molar-refractivity contribution in [2.45, 2.75) is 51.5 Å². The van der Waals surface area contributed by atoms with Gasteiger partial charge in [0.05, 0.1) is 16.9 Å². The normalized spacial score (nSPS) is 20.2. The zero-order valence-electron chi connectivity index (χ0n) is 24.3. The fraction of sp³-hybridized carbons (Fsp3) is 0.364. The molecule has 1 aliphatic heterocycles. The molecule has 0 bridgehead atoms. The molecule has 11 heteroatoms. The number of amides is 2. The van der Waals surface area contributed by atoms with Crippen molar-refractivity contribution < 1.29 is 23.8 Å². The number of nitrogens with zero attached hydrogens (tertiary/aromatic N) is 4. The number of piperidine rings is 1. The number of ether oxygens (including phenoxy) is 1. The maximum Gasteiger partial charge on any atom is 0.407 e. The standard InChI is InChI=1S/C33H33FN6O4/c1-19-7-8-21-22(9-10-25(34)27(21)39-29(41)24-17-33(24)12-4-13-33)28(19)44-30-23(6-2-14-35-30)26-11-15-36-31(38-26)37-20-5-3-16-40(18-20)32(42)43/h2,6-11,14-15,20,24H,3-5,12-13,16-18H2,1H3,(H,39,41)(H,42,43)(H,36,37,38)/t20?,24-/m0/s1. The average molecular weight is 597 g/mol. The van der Waals surface area contributed by atoms with Crippen LogP contribution >= 0.6 is 0 Å². The molecule has 3 N–H and O–H groups in total. The first-order chi connectivity index (χ1) is 21.3. The molecule has 4 aromatic rings. The Morgan fingerprint density at radius 2 is 1.91 bits per heavy atom. The predicted molar refractivity (Wildman–Crippen MR) is 163 cm³/mol. The molecule has 226 valence electrons. The summed E-state index contributed by atoms with van der Waals surface area (Å²) in [6, 6.07) is 12.0. The van der Waals surface area contributed by atoms with E-state index in [1.165, 1.54) is 11.0 Å². The number of hydrogen-bond donors (Lipinski definition) is 3. The number of nitrogens with one attached hydrogen (secondary N) is 2. The number of pyridine rings is 1. The number of anilines is 2. The van der Waals surface area contributed by atoms with Gasteiger partial charge in [0, 0.05) is 48.2 Å². The molecule has 2 aromatic heterocycles. The van der Waals surface area contributed by atoms with Crippen LogP contribution in [0.5, 0.6) is 11.6 Å². The molecular formula is C33H33FN6O4. The fourth-order valence-electron chi connectivity index (χ4n) is 6.63. The van der Waals surface area contributed by atoms with E-state index in [1.54, 1.807) is 36.7 Å². The van der Waals surface area contributed by atoms with Gasteiger partial charge in [-0.25, -0.2) is 24.1 Å². The molecule has 1 saturated heterocycles. The minimum atomic E-state index is -0.936. The number of halogens is 1. The average Bonchev–Trinajstić information content (AvgIpc) is 3.78. The van der Waals surface area contributed by atoms with Crippen LogP contribution in [0.25, 0.3) is 22.0 Å². The summed E-state index contributed by atoms with van der Waals surface area (Å²) in [6.45, 7) is 2.77. The summed E-state index contributed by atoms with van der Waals surface area (Å²) in [5.74, 6) is 0.525. The van der Waals surface area contributed by atoms with Gasteiger partial charge < -0.3 is 25.4 Å². The van der Waals surface area contributed by atoms with Gasteiger partial charge in [-0.2, -0.15) is 0 Å². The van der Waals surface area contributed by atoms with Gasteiger partial charge in [-0.15, -0.1) is 0 Å². The van der Waals surface area contributed by atoms with Crippen LogP contribution in [0.4, 0.5) is 20.8 Å². The van der Waals surface area contributed by atoms with Crippen molar-refractivity contribution in [3.8, 4) is 22.9 Å². The molecular weight excluding hydrogens is 563 g/mol. The molecule has 1 unspecified atom stereocenters. The number of carbonyl (C=O) groups excluding carboxylic acids is 1. The summed E-state index contributed by atoms with van der Waals surface area (Å²) in [6.07, 6.45) is 8.06. The highest BCUT2D eigenvalue weighted by Gasteiger charge is 2.60. The Morgan fingerprint density at radius 1 is 1.07 bits per heavy atom. The number of likely N-dealkylation sites (tertiary alicyclic amines) is 1. The Morgan fingerprint density at radius 3 is 2.68 bits per heavy atom. The first-order valence-electron chi connectivity index (χ1n) is 15.0. The summed E-state index contributed by atoms with van der Waals surface area (Å²) < 4.78 is 21.6. The third-order valence-corrected chi connectivity index (χ3v) is 9.33. The molecule has 2 amide bonds. The van der Waals surface area contributed by atoms with E-state index in [9.17, 15) is 14.7 Å². The van der Waals surface area contributed by atoms with E-state index in [-0.39, 0.29) is 29.0 Å². The lowest BCUT2D eigenvalue weighted by Crippen LogP contribution is -2.44. The second kappa shape index (κ2) is 11.0. The molecule has 1 spiro atoms. The number of hydrogen-bond acceptors (Lipinski definition) is 7. The number of carboxylic acid groups (broad SMARTS) is 1. The van der Waals surface area contributed by atoms with Crippen LogP contribution < -0.4 is 15.4 Å². The SMILES string of the molecule is Cc1ccc2c(NC(=O)[C@@H]3CC34CCC4)c(F)ccc2c1Oc1ncccc1-c1ccnc(NC2CCCN(C(=O)O)C2)n1. The Kier molecular flexibility index (Phi) is 7.02. The van der Waals surface area contributed by atoms with Gasteiger partial charge in [0.25, 0.3) is 0 Å². The van der Waals surface area contributed by atoms with Crippen LogP contribution in [0, 0.1) is 24.1 Å². The second-order valence-electron chi connectivity index (χ2n) is 12.1. The third kappa shape index (κ3) is 5.16. The zero-order valence-corrected chi connectivity index (χ0v) is 24.3. The van der Waals surface area contributed by atoms with Gasteiger partial charge in [-0.05, 0) is 80.3 Å². The number of benzene rings is 2. The molecule has 2 saturated carbocycles. The first kappa shape index (κ1) is 28.0. The van der Waals surface area contributed by atoms with Crippen molar-refractivity contribution in [2.24, 2.45) is 11.3 Å². The smallest absolute Gasteiger partial charge is 0.407 e. The van der Waals surface area contributed by atoms with Crippen LogP contribution in [0.1, 0.15) is 44.1 Å². The minimum Gasteiger partial charge on any atom is -0.465 e. The van der Waals surface area contributed by atoms with Gasteiger partial charge in [-0.3, -0.25) is 4.79 Å². The van der Waals surface area contributed by atoms with Gasteiger partial charge in [0.2, 0.25) is 17.7 Å². The summed E-state index contributed by atoms with van der Waals surface area (Å²) >= 11 is 0. The summed E-state index contributed by atoms with van der Waals surface area (Å²) in [7, 11) is 0. The van der Waals surface area contributed by atoms with E-state index < -0.39 is 11.9 Å². The molecule has 3 aliphatic rings. The van der Waals surface area contributed by atoms with E-state index in [0.717, 1.165) is 44.1 Å². The number of fused-ring (bicyclic) bond motifs is 1. The summed E-state index contributed by atoms with van der Waals surface area (Å²) in [4.78, 5) is 39.4. The van der Waals surface area contributed by atoms with Gasteiger partial charge in [-0.1, -0.05) is 18.6 Å². The molecule has 2 aliphatic carbocycles. The lowest BCUT2D eigenvalue weighted by Gasteiger charge is -2.31. The summed E-state index contributed by atoms with van der Waals surface area (Å²) in [5.41, 5.74) is 2.31. The highest BCUT2D eigenvalue weighted by Crippen LogP contribution is 2.65. The lowest BCUT2D eigenvalue weighted by atomic mass is 9.79. The number of aryl methyl sites for hydroxylation is 1. The lowest BCUT2D eigenvalue weighted by molar-refractivity contribution is -0.118. The maximum atomic E-state index is 15.1. The number of rotatable bonds is 7. The van der Waals surface area contributed by atoms with E-state index in [4.69, 9.17) is 9.72 Å². The molecule has 44 heavy (non-hydrogen) atoms. The first-order valence-corrected chi connectivity index (χ1v) is 15.0. The van der Waals surface area contributed by atoms with Crippen LogP contribution in [0.2, 0.25) is 0 Å². The van der Waals surface area contributed by atoms with Crippen LogP contribution in [0.3, 0.4) is 0 Å². The Labute approximate surface area is 253 Å². The van der Waals surface area contributed by atoms with E-state index in [2.05, 4.69) is 20.6 Å². The van der Waals surface area contributed by atoms with Crippen molar-refractivity contribution >= 4 is 34.4 Å². The quantitative estimate of drug-likeness (QED) is 0.217. The highest BCUT2D eigenvalue weighted by molar-refractivity contribution is 6.06. The molecule has 0 radical (unpaired) electrons. The molecule has 3 heterocycles. The van der Waals surface area contributed by atoms with Crippen molar-refractivity contribution in [1.29, 1.82) is 0 Å². The van der Waals surface area contributed by atoms with Crippen LogP contribution in [-0.4, -0.2) is 56.1 Å². The molecule has 10 nitrogen and oxygen atoms in total. The molecule has 2 atom stereocenters. The molecule has 3 fully saturated rings. The predicted octanol–water partition coefficient (Wildman–Crippen LogP) is 6.61. The number of carbonyl (C=O) groups is 2. The van der Waals surface area contributed by atoms with Gasteiger partial charge in [0.15, 0.2) is 0 Å². The van der Waals surface area contributed by atoms with Crippen LogP contribution in [0.15, 0.2) is 54.9 Å². The van der Waals surface area contributed by atoms with Crippen molar-refractivity contribution in [1.82, 2.24) is 19.9 Å². The second-order valence-corrected chi connectivity index (χ2v) is 12.1. The van der Waals surface area contributed by atoms with Gasteiger partial charge in [0.1, 0.15) is 11.6 Å². The van der Waals surface area contributed by atoms with Gasteiger partial charge >= 0.3 is 6.09 Å². The van der Waals surface area contributed by atoms with Crippen molar-refractivity contribution in [2.75, 3.05) is 23.7 Å².